The van der Waals surface area contributed by atoms with E-state index in [0.717, 1.165) is 16.8 Å². The van der Waals surface area contributed by atoms with Crippen LogP contribution in [0.5, 0.6) is 0 Å². The van der Waals surface area contributed by atoms with Gasteiger partial charge in [0, 0.05) is 24.2 Å². The molecular weight excluding hydrogens is 354 g/mol. The molecule has 3 rings (SSSR count). The molecule has 2 aromatic rings. The van der Waals surface area contributed by atoms with Crippen molar-refractivity contribution in [3.05, 3.63) is 65.2 Å². The molecule has 0 bridgehead atoms. The maximum absolute atomic E-state index is 12.7. The first-order chi connectivity index (χ1) is 13.4. The van der Waals surface area contributed by atoms with E-state index in [9.17, 15) is 14.4 Å². The Morgan fingerprint density at radius 3 is 2.50 bits per heavy atom. The first-order valence-corrected chi connectivity index (χ1v) is 9.58. The molecule has 1 aliphatic heterocycles. The minimum Gasteiger partial charge on any atom is -0.454 e. The number of rotatable bonds is 6. The van der Waals surface area contributed by atoms with Crippen molar-refractivity contribution in [2.75, 3.05) is 11.4 Å². The summed E-state index contributed by atoms with van der Waals surface area (Å²) in [5.74, 6) is -1.37. The van der Waals surface area contributed by atoms with Crippen molar-refractivity contribution in [3.63, 3.8) is 0 Å². The number of nitrogens with zero attached hydrogens (tertiary/aromatic N) is 1. The number of esters is 1. The normalized spacial score (nSPS) is 17.5. The number of carbonyl (C=O) groups is 3. The predicted octanol–water partition coefficient (Wildman–Crippen LogP) is 3.86. The van der Waals surface area contributed by atoms with Gasteiger partial charge in [-0.15, -0.1) is 0 Å². The molecule has 0 saturated carbocycles. The van der Waals surface area contributed by atoms with Crippen molar-refractivity contribution >= 4 is 23.3 Å². The van der Waals surface area contributed by atoms with E-state index in [0.29, 0.717) is 12.0 Å². The fraction of sp³-hybridized carbons (Fsp3) is 0.348. The molecule has 1 heterocycles. The van der Waals surface area contributed by atoms with Gasteiger partial charge in [-0.1, -0.05) is 55.0 Å². The van der Waals surface area contributed by atoms with Gasteiger partial charge in [0.25, 0.3) is 0 Å². The lowest BCUT2D eigenvalue weighted by Gasteiger charge is -2.20. The Morgan fingerprint density at radius 1 is 1.14 bits per heavy atom. The first kappa shape index (κ1) is 19.8. The highest BCUT2D eigenvalue weighted by molar-refractivity contribution is 6.02. The van der Waals surface area contributed by atoms with Gasteiger partial charge in [-0.3, -0.25) is 14.4 Å². The second-order valence-electron chi connectivity index (χ2n) is 7.26. The van der Waals surface area contributed by atoms with Gasteiger partial charge in [0.2, 0.25) is 11.7 Å². The van der Waals surface area contributed by atoms with Gasteiger partial charge < -0.3 is 9.64 Å². The van der Waals surface area contributed by atoms with Crippen molar-refractivity contribution in [3.8, 4) is 0 Å². The van der Waals surface area contributed by atoms with Crippen LogP contribution >= 0.6 is 0 Å². The maximum Gasteiger partial charge on any atom is 0.312 e. The second kappa shape index (κ2) is 8.38. The minimum atomic E-state index is -0.833. The Morgan fingerprint density at radius 2 is 1.86 bits per heavy atom. The summed E-state index contributed by atoms with van der Waals surface area (Å²) in [4.78, 5) is 39.4. The molecule has 1 aliphatic rings. The average Bonchev–Trinajstić information content (AvgIpc) is 3.07. The quantitative estimate of drug-likeness (QED) is 0.565. The van der Waals surface area contributed by atoms with Crippen LogP contribution < -0.4 is 4.90 Å². The number of amides is 1. The number of benzene rings is 2. The van der Waals surface area contributed by atoms with Crippen molar-refractivity contribution in [2.45, 2.75) is 39.7 Å². The molecule has 1 amide bonds. The molecule has 0 spiro atoms. The first-order valence-electron chi connectivity index (χ1n) is 9.58. The standard InChI is InChI=1S/C23H25NO4/c1-4-20(22(26)17-8-6-5-7-9-17)28-23(27)18-13-21(25)24(14-18)19-11-10-15(2)12-16(19)3/h5-12,18,20H,4,13-14H2,1-3H3/t18-,20-/m0/s1. The van der Waals surface area contributed by atoms with Gasteiger partial charge in [-0.25, -0.2) is 0 Å². The van der Waals surface area contributed by atoms with E-state index >= 15 is 0 Å². The number of hydrogen-bond acceptors (Lipinski definition) is 4. The molecule has 28 heavy (non-hydrogen) atoms. The van der Waals surface area contributed by atoms with E-state index in [-0.39, 0.29) is 24.7 Å². The highest BCUT2D eigenvalue weighted by Gasteiger charge is 2.38. The van der Waals surface area contributed by atoms with E-state index in [1.807, 2.05) is 38.1 Å². The van der Waals surface area contributed by atoms with E-state index in [4.69, 9.17) is 4.74 Å². The average molecular weight is 379 g/mol. The summed E-state index contributed by atoms with van der Waals surface area (Å²) in [6, 6.07) is 14.7. The summed E-state index contributed by atoms with van der Waals surface area (Å²) in [7, 11) is 0. The molecule has 0 aromatic heterocycles. The van der Waals surface area contributed by atoms with Crippen molar-refractivity contribution in [1.82, 2.24) is 0 Å². The zero-order chi connectivity index (χ0) is 20.3. The van der Waals surface area contributed by atoms with E-state index in [1.54, 1.807) is 36.1 Å². The zero-order valence-corrected chi connectivity index (χ0v) is 16.5. The molecule has 2 aromatic carbocycles. The monoisotopic (exact) mass is 379 g/mol. The second-order valence-corrected chi connectivity index (χ2v) is 7.26. The number of hydrogen-bond donors (Lipinski definition) is 0. The van der Waals surface area contributed by atoms with Crippen LogP contribution in [-0.4, -0.2) is 30.3 Å². The number of ketones is 1. The molecule has 1 fully saturated rings. The molecule has 0 aliphatic carbocycles. The van der Waals surface area contributed by atoms with Gasteiger partial charge in [0.05, 0.1) is 5.92 Å². The van der Waals surface area contributed by atoms with Crippen LogP contribution in [0.4, 0.5) is 5.69 Å². The molecule has 0 radical (unpaired) electrons. The number of carbonyl (C=O) groups excluding carboxylic acids is 3. The van der Waals surface area contributed by atoms with Gasteiger partial charge in [0.1, 0.15) is 0 Å². The molecular formula is C23H25NO4. The third kappa shape index (κ3) is 4.14. The Kier molecular flexibility index (Phi) is 5.93. The van der Waals surface area contributed by atoms with Crippen molar-refractivity contribution in [2.24, 2.45) is 5.92 Å². The molecule has 0 N–H and O–H groups in total. The van der Waals surface area contributed by atoms with E-state index in [2.05, 4.69) is 0 Å². The van der Waals surface area contributed by atoms with Gasteiger partial charge in [-0.05, 0) is 31.9 Å². The summed E-state index contributed by atoms with van der Waals surface area (Å²) >= 11 is 0. The fourth-order valence-electron chi connectivity index (χ4n) is 3.55. The van der Waals surface area contributed by atoms with Crippen molar-refractivity contribution in [1.29, 1.82) is 0 Å². The molecule has 146 valence electrons. The lowest BCUT2D eigenvalue weighted by atomic mass is 10.0. The van der Waals surface area contributed by atoms with Crippen LogP contribution in [0.25, 0.3) is 0 Å². The van der Waals surface area contributed by atoms with Crippen LogP contribution in [0.1, 0.15) is 41.3 Å². The van der Waals surface area contributed by atoms with Crippen molar-refractivity contribution < 1.29 is 19.1 Å². The highest BCUT2D eigenvalue weighted by atomic mass is 16.5. The third-order valence-electron chi connectivity index (χ3n) is 5.08. The third-order valence-corrected chi connectivity index (χ3v) is 5.08. The topological polar surface area (TPSA) is 63.7 Å². The summed E-state index contributed by atoms with van der Waals surface area (Å²) < 4.78 is 5.51. The Hall–Kier alpha value is -2.95. The highest BCUT2D eigenvalue weighted by Crippen LogP contribution is 2.29. The van der Waals surface area contributed by atoms with Gasteiger partial charge >= 0.3 is 5.97 Å². The predicted molar refractivity (Wildman–Crippen MR) is 107 cm³/mol. The SMILES string of the molecule is CC[C@H](OC(=O)[C@H]1CC(=O)N(c2ccc(C)cc2C)C1)C(=O)c1ccccc1. The van der Waals surface area contributed by atoms with E-state index in [1.165, 1.54) is 0 Å². The lowest BCUT2D eigenvalue weighted by molar-refractivity contribution is -0.151. The van der Waals surface area contributed by atoms with Crippen LogP contribution in [0.2, 0.25) is 0 Å². The number of aryl methyl sites for hydroxylation is 2. The Bertz CT molecular complexity index is 891. The Labute approximate surface area is 165 Å². The number of ether oxygens (including phenoxy) is 1. The minimum absolute atomic E-state index is 0.0993. The fourth-order valence-corrected chi connectivity index (χ4v) is 3.55. The van der Waals surface area contributed by atoms with Crippen LogP contribution in [-0.2, 0) is 14.3 Å². The smallest absolute Gasteiger partial charge is 0.312 e. The van der Waals surface area contributed by atoms with Gasteiger partial charge in [-0.2, -0.15) is 0 Å². The van der Waals surface area contributed by atoms with E-state index < -0.39 is 18.0 Å². The van der Waals surface area contributed by atoms with Crippen LogP contribution in [0.3, 0.4) is 0 Å². The lowest BCUT2D eigenvalue weighted by Crippen LogP contribution is -2.32. The molecule has 5 nitrogen and oxygen atoms in total. The summed E-state index contributed by atoms with van der Waals surface area (Å²) in [6.07, 6.45) is -0.344. The Balaban J connectivity index is 1.69. The zero-order valence-electron chi connectivity index (χ0n) is 16.5. The maximum atomic E-state index is 12.7. The van der Waals surface area contributed by atoms with Crippen LogP contribution in [0, 0.1) is 19.8 Å². The molecule has 0 unspecified atom stereocenters. The molecule has 1 saturated heterocycles. The largest absolute Gasteiger partial charge is 0.454 e. The molecule has 5 heteroatoms. The summed E-state index contributed by atoms with van der Waals surface area (Å²) in [5, 5.41) is 0. The van der Waals surface area contributed by atoms with Gasteiger partial charge in [0.15, 0.2) is 6.10 Å². The molecule has 2 atom stereocenters. The summed E-state index contributed by atoms with van der Waals surface area (Å²) in [6.45, 7) is 6.03. The number of anilines is 1. The van der Waals surface area contributed by atoms with Crippen LogP contribution in [0.15, 0.2) is 48.5 Å². The summed E-state index contributed by atoms with van der Waals surface area (Å²) in [5.41, 5.74) is 3.45. The number of Topliss-reactive ketones (excluding diaryl/α,β-unsaturated/α-hetero) is 1.